The van der Waals surface area contributed by atoms with Crippen molar-refractivity contribution in [2.75, 3.05) is 12.9 Å². The van der Waals surface area contributed by atoms with E-state index in [9.17, 15) is 4.79 Å². The van der Waals surface area contributed by atoms with E-state index in [-0.39, 0.29) is 5.75 Å². The molecule has 17 heavy (non-hydrogen) atoms. The molecule has 2 unspecified atom stereocenters. The molecule has 1 N–H and O–H groups in total. The maximum Gasteiger partial charge on any atom is 0.313 e. The summed E-state index contributed by atoms with van der Waals surface area (Å²) in [6.45, 7) is 0. The van der Waals surface area contributed by atoms with Crippen molar-refractivity contribution < 1.29 is 14.6 Å². The molecule has 0 saturated heterocycles. The fraction of sp³-hybridized carbons (Fsp3) is 0.636. The number of thioether (sulfide) groups is 1. The highest BCUT2D eigenvalue weighted by Gasteiger charge is 2.27. The van der Waals surface area contributed by atoms with Gasteiger partial charge >= 0.3 is 5.97 Å². The molecule has 1 aliphatic rings. The number of imidazole rings is 1. The number of rotatable bonds is 5. The molecule has 2 rings (SSSR count). The normalized spacial score (nSPS) is 24.1. The lowest BCUT2D eigenvalue weighted by molar-refractivity contribution is -0.133. The Morgan fingerprint density at radius 1 is 1.71 bits per heavy atom. The van der Waals surface area contributed by atoms with Crippen LogP contribution in [-0.4, -0.2) is 39.6 Å². The standard InChI is InChI=1S/C11H16N2O3S/c1-16-9-3-2-8(6-9)13-5-4-12-11(13)17-7-10(14)15/h4-5,8-9H,2-3,6-7H2,1H3,(H,14,15). The highest BCUT2D eigenvalue weighted by atomic mass is 32.2. The number of aliphatic carboxylic acids is 1. The number of hydrogen-bond donors (Lipinski definition) is 1. The van der Waals surface area contributed by atoms with Gasteiger partial charge in [-0.15, -0.1) is 0 Å². The monoisotopic (exact) mass is 256 g/mol. The van der Waals surface area contributed by atoms with Crippen LogP contribution in [0.1, 0.15) is 25.3 Å². The van der Waals surface area contributed by atoms with E-state index in [1.165, 1.54) is 11.8 Å². The minimum atomic E-state index is -0.814. The number of methoxy groups -OCH3 is 1. The average Bonchev–Trinajstić information content (AvgIpc) is 2.94. The second-order valence-electron chi connectivity index (χ2n) is 4.12. The Morgan fingerprint density at radius 2 is 2.53 bits per heavy atom. The predicted octanol–water partition coefficient (Wildman–Crippen LogP) is 1.80. The summed E-state index contributed by atoms with van der Waals surface area (Å²) >= 11 is 1.27. The Bertz CT molecular complexity index is 394. The van der Waals surface area contributed by atoms with Gasteiger partial charge in [-0.3, -0.25) is 4.79 Å². The number of hydrogen-bond acceptors (Lipinski definition) is 4. The number of carboxylic acids is 1. The van der Waals surface area contributed by atoms with E-state index < -0.39 is 5.97 Å². The van der Waals surface area contributed by atoms with Crippen LogP contribution in [-0.2, 0) is 9.53 Å². The summed E-state index contributed by atoms with van der Waals surface area (Å²) in [6, 6.07) is 0.388. The van der Waals surface area contributed by atoms with E-state index in [0.717, 1.165) is 24.4 Å². The maximum atomic E-state index is 10.5. The molecule has 94 valence electrons. The molecule has 1 heterocycles. The van der Waals surface area contributed by atoms with Gasteiger partial charge in [0.1, 0.15) is 0 Å². The lowest BCUT2D eigenvalue weighted by Crippen LogP contribution is -2.10. The van der Waals surface area contributed by atoms with Crippen LogP contribution in [0.4, 0.5) is 0 Å². The first-order valence-electron chi connectivity index (χ1n) is 5.61. The molecule has 0 aromatic carbocycles. The van der Waals surface area contributed by atoms with Gasteiger partial charge < -0.3 is 14.4 Å². The highest BCUT2D eigenvalue weighted by molar-refractivity contribution is 7.99. The Labute approximate surface area is 104 Å². The summed E-state index contributed by atoms with van der Waals surface area (Å²) in [5.41, 5.74) is 0. The van der Waals surface area contributed by atoms with Crippen LogP contribution in [0, 0.1) is 0 Å². The molecule has 6 heteroatoms. The maximum absolute atomic E-state index is 10.5. The zero-order chi connectivity index (χ0) is 12.3. The molecule has 0 amide bonds. The van der Waals surface area contributed by atoms with Gasteiger partial charge in [0.15, 0.2) is 5.16 Å². The smallest absolute Gasteiger partial charge is 0.313 e. The van der Waals surface area contributed by atoms with Gasteiger partial charge in [-0.1, -0.05) is 11.8 Å². The Balaban J connectivity index is 2.01. The lowest BCUT2D eigenvalue weighted by Gasteiger charge is -2.14. The summed E-state index contributed by atoms with van der Waals surface area (Å²) < 4.78 is 7.42. The number of carbonyl (C=O) groups is 1. The summed E-state index contributed by atoms with van der Waals surface area (Å²) in [4.78, 5) is 14.8. The van der Waals surface area contributed by atoms with Gasteiger partial charge in [0.2, 0.25) is 0 Å². The van der Waals surface area contributed by atoms with E-state index in [1.54, 1.807) is 13.3 Å². The Morgan fingerprint density at radius 3 is 3.18 bits per heavy atom. The third-order valence-electron chi connectivity index (χ3n) is 3.04. The molecule has 0 aliphatic heterocycles. The third kappa shape index (κ3) is 3.01. The summed E-state index contributed by atoms with van der Waals surface area (Å²) in [7, 11) is 1.74. The molecule has 0 bridgehead atoms. The fourth-order valence-electron chi connectivity index (χ4n) is 2.20. The number of carboxylic acid groups (broad SMARTS) is 1. The summed E-state index contributed by atoms with van der Waals surface area (Å²) in [6.07, 6.45) is 7.07. The molecule has 1 aromatic rings. The first-order chi connectivity index (χ1) is 8.20. The van der Waals surface area contributed by atoms with Crippen molar-refractivity contribution in [2.24, 2.45) is 0 Å². The minimum Gasteiger partial charge on any atom is -0.481 e. The van der Waals surface area contributed by atoms with E-state index in [2.05, 4.69) is 9.55 Å². The molecular weight excluding hydrogens is 240 g/mol. The largest absolute Gasteiger partial charge is 0.481 e. The Kier molecular flexibility index (Phi) is 4.06. The van der Waals surface area contributed by atoms with Crippen molar-refractivity contribution in [1.29, 1.82) is 0 Å². The van der Waals surface area contributed by atoms with Gasteiger partial charge in [-0.2, -0.15) is 0 Å². The van der Waals surface area contributed by atoms with Crippen LogP contribution in [0.2, 0.25) is 0 Å². The van der Waals surface area contributed by atoms with Crippen LogP contribution in [0.25, 0.3) is 0 Å². The molecular formula is C11H16N2O3S. The van der Waals surface area contributed by atoms with E-state index in [4.69, 9.17) is 9.84 Å². The average molecular weight is 256 g/mol. The zero-order valence-corrected chi connectivity index (χ0v) is 10.5. The van der Waals surface area contributed by atoms with Crippen LogP contribution in [0.3, 0.4) is 0 Å². The number of aromatic nitrogens is 2. The minimum absolute atomic E-state index is 0.0530. The second-order valence-corrected chi connectivity index (χ2v) is 5.07. The van der Waals surface area contributed by atoms with Gasteiger partial charge in [0, 0.05) is 25.5 Å². The van der Waals surface area contributed by atoms with Crippen molar-refractivity contribution >= 4 is 17.7 Å². The fourth-order valence-corrected chi connectivity index (χ4v) is 2.95. The molecule has 1 saturated carbocycles. The van der Waals surface area contributed by atoms with Crippen molar-refractivity contribution in [1.82, 2.24) is 9.55 Å². The van der Waals surface area contributed by atoms with Crippen molar-refractivity contribution in [3.05, 3.63) is 12.4 Å². The van der Waals surface area contributed by atoms with Crippen LogP contribution in [0.5, 0.6) is 0 Å². The molecule has 0 radical (unpaired) electrons. The molecule has 0 spiro atoms. The van der Waals surface area contributed by atoms with Crippen LogP contribution >= 0.6 is 11.8 Å². The quantitative estimate of drug-likeness (QED) is 0.814. The topological polar surface area (TPSA) is 64.4 Å². The van der Waals surface area contributed by atoms with Crippen molar-refractivity contribution in [3.8, 4) is 0 Å². The summed E-state index contributed by atoms with van der Waals surface area (Å²) in [5, 5.41) is 9.46. The van der Waals surface area contributed by atoms with Crippen molar-refractivity contribution in [3.63, 3.8) is 0 Å². The van der Waals surface area contributed by atoms with Gasteiger partial charge in [-0.25, -0.2) is 4.98 Å². The van der Waals surface area contributed by atoms with Gasteiger partial charge in [0.25, 0.3) is 0 Å². The van der Waals surface area contributed by atoms with Crippen LogP contribution in [0.15, 0.2) is 17.6 Å². The first kappa shape index (κ1) is 12.4. The number of ether oxygens (including phenoxy) is 1. The molecule has 1 aromatic heterocycles. The molecule has 1 fully saturated rings. The SMILES string of the molecule is COC1CCC(n2ccnc2SCC(=O)O)C1. The van der Waals surface area contributed by atoms with E-state index in [0.29, 0.717) is 12.1 Å². The van der Waals surface area contributed by atoms with Crippen molar-refractivity contribution in [2.45, 2.75) is 36.6 Å². The van der Waals surface area contributed by atoms with Crippen LogP contribution < -0.4 is 0 Å². The molecule has 5 nitrogen and oxygen atoms in total. The highest BCUT2D eigenvalue weighted by Crippen LogP contribution is 2.34. The zero-order valence-electron chi connectivity index (χ0n) is 9.70. The van der Waals surface area contributed by atoms with Gasteiger partial charge in [-0.05, 0) is 19.3 Å². The van der Waals surface area contributed by atoms with Gasteiger partial charge in [0.05, 0.1) is 11.9 Å². The molecule has 1 aliphatic carbocycles. The van der Waals surface area contributed by atoms with E-state index >= 15 is 0 Å². The Hall–Kier alpha value is -1.01. The first-order valence-corrected chi connectivity index (χ1v) is 6.59. The number of nitrogens with zero attached hydrogens (tertiary/aromatic N) is 2. The summed E-state index contributed by atoms with van der Waals surface area (Å²) in [5.74, 6) is -0.761. The molecule has 2 atom stereocenters. The lowest BCUT2D eigenvalue weighted by atomic mass is 10.2. The van der Waals surface area contributed by atoms with E-state index in [1.807, 2.05) is 6.20 Å². The predicted molar refractivity (Wildman–Crippen MR) is 64.3 cm³/mol. The second kappa shape index (κ2) is 5.55. The third-order valence-corrected chi connectivity index (χ3v) is 4.01.